The smallest absolute Gasteiger partial charge is 0.314 e. The number of aliphatic carboxylic acids is 1. The molecule has 2 unspecified atom stereocenters. The van der Waals surface area contributed by atoms with E-state index in [1.165, 1.54) is 4.68 Å². The van der Waals surface area contributed by atoms with E-state index >= 15 is 0 Å². The van der Waals surface area contributed by atoms with Crippen LogP contribution in [-0.4, -0.2) is 62.5 Å². The molecule has 0 spiro atoms. The first kappa shape index (κ1) is 17.3. The van der Waals surface area contributed by atoms with Gasteiger partial charge >= 0.3 is 5.97 Å². The summed E-state index contributed by atoms with van der Waals surface area (Å²) in [7, 11) is 3.90. The lowest BCUT2D eigenvalue weighted by Gasteiger charge is -2.30. The Kier molecular flexibility index (Phi) is 4.41. The van der Waals surface area contributed by atoms with Crippen molar-refractivity contribution in [2.24, 2.45) is 10.9 Å². The lowest BCUT2D eigenvalue weighted by molar-refractivity contribution is -0.140. The second kappa shape index (κ2) is 6.88. The van der Waals surface area contributed by atoms with Crippen LogP contribution < -0.4 is 0 Å². The Morgan fingerprint density at radius 2 is 1.96 bits per heavy atom. The van der Waals surface area contributed by atoms with Gasteiger partial charge < -0.3 is 10.0 Å². The average molecular weight is 364 g/mol. The molecule has 2 aromatic carbocycles. The standard InChI is InChI=1S/C19H20N6O2/c1-24(2)11-10-15-16(18(26)27)17(25-19(20-15)21-22-23-25)14-9-5-7-12-6-3-4-8-13(12)14/h3-9,16-17H,10-11H2,1-2H3,(H,26,27). The molecule has 0 amide bonds. The lowest BCUT2D eigenvalue weighted by atomic mass is 9.84. The highest BCUT2D eigenvalue weighted by atomic mass is 16.4. The maximum atomic E-state index is 12.3. The summed E-state index contributed by atoms with van der Waals surface area (Å²) in [5, 5.41) is 23.9. The number of hydrogen-bond acceptors (Lipinski definition) is 6. The maximum absolute atomic E-state index is 12.3. The van der Waals surface area contributed by atoms with E-state index in [0.717, 1.165) is 16.3 Å². The summed E-state index contributed by atoms with van der Waals surface area (Å²) in [5.41, 5.74) is 1.47. The van der Waals surface area contributed by atoms with Crippen LogP contribution in [0.15, 0.2) is 47.5 Å². The van der Waals surface area contributed by atoms with Crippen molar-refractivity contribution >= 4 is 28.4 Å². The monoisotopic (exact) mass is 364 g/mol. The van der Waals surface area contributed by atoms with E-state index in [1.807, 2.05) is 61.5 Å². The Hall–Kier alpha value is -3.13. The molecule has 0 fully saturated rings. The molecular formula is C19H20N6O2. The van der Waals surface area contributed by atoms with Crippen LogP contribution in [0, 0.1) is 5.92 Å². The first-order valence-electron chi connectivity index (χ1n) is 8.77. The van der Waals surface area contributed by atoms with Crippen molar-refractivity contribution in [3.8, 4) is 0 Å². The van der Waals surface area contributed by atoms with Crippen molar-refractivity contribution in [3.05, 3.63) is 48.0 Å². The molecule has 138 valence electrons. The lowest BCUT2D eigenvalue weighted by Crippen LogP contribution is -2.38. The third-order valence-electron chi connectivity index (χ3n) is 4.88. The summed E-state index contributed by atoms with van der Waals surface area (Å²) >= 11 is 0. The van der Waals surface area contributed by atoms with Crippen LogP contribution in [0.4, 0.5) is 5.95 Å². The SMILES string of the molecule is CN(C)CCC1=Nc2nnnn2C(c2cccc3ccccc23)C1C(=O)O. The Balaban J connectivity index is 1.89. The third kappa shape index (κ3) is 3.08. The van der Waals surface area contributed by atoms with Gasteiger partial charge in [0.05, 0.1) is 0 Å². The fourth-order valence-corrected chi connectivity index (χ4v) is 3.61. The minimum atomic E-state index is -0.924. The van der Waals surface area contributed by atoms with Gasteiger partial charge in [0, 0.05) is 12.3 Å². The molecule has 2 atom stereocenters. The molecule has 8 nitrogen and oxygen atoms in total. The summed E-state index contributed by atoms with van der Waals surface area (Å²) in [5.74, 6) is -1.41. The number of rotatable bonds is 5. The largest absolute Gasteiger partial charge is 0.481 e. The molecular weight excluding hydrogens is 344 g/mol. The molecule has 2 heterocycles. The number of tetrazole rings is 1. The van der Waals surface area contributed by atoms with Crippen molar-refractivity contribution < 1.29 is 9.90 Å². The van der Waals surface area contributed by atoms with Crippen molar-refractivity contribution in [3.63, 3.8) is 0 Å². The second-order valence-electron chi connectivity index (χ2n) is 6.91. The predicted octanol–water partition coefficient (Wildman–Crippen LogP) is 2.15. The number of hydrogen-bond donors (Lipinski definition) is 1. The molecule has 1 N–H and O–H groups in total. The van der Waals surface area contributed by atoms with Gasteiger partial charge in [0.15, 0.2) is 0 Å². The number of benzene rings is 2. The first-order chi connectivity index (χ1) is 13.1. The van der Waals surface area contributed by atoms with E-state index < -0.39 is 17.9 Å². The fourth-order valence-electron chi connectivity index (χ4n) is 3.61. The van der Waals surface area contributed by atoms with Gasteiger partial charge in [-0.05, 0) is 47.3 Å². The number of fused-ring (bicyclic) bond motifs is 2. The van der Waals surface area contributed by atoms with Crippen LogP contribution in [0.2, 0.25) is 0 Å². The van der Waals surface area contributed by atoms with Crippen molar-refractivity contribution in [2.45, 2.75) is 12.5 Å². The number of aliphatic imine (C=N–C) groups is 1. The summed E-state index contributed by atoms with van der Waals surface area (Å²) in [4.78, 5) is 18.8. The average Bonchev–Trinajstić information content (AvgIpc) is 3.12. The number of nitrogens with zero attached hydrogens (tertiary/aromatic N) is 6. The van der Waals surface area contributed by atoms with Gasteiger partial charge in [-0.1, -0.05) is 47.6 Å². The number of carboxylic acids is 1. The van der Waals surface area contributed by atoms with Crippen LogP contribution in [0.25, 0.3) is 10.8 Å². The Bertz CT molecular complexity index is 1020. The molecule has 0 radical (unpaired) electrons. The molecule has 0 saturated carbocycles. The van der Waals surface area contributed by atoms with E-state index in [1.54, 1.807) is 0 Å². The van der Waals surface area contributed by atoms with Crippen molar-refractivity contribution in [1.29, 1.82) is 0 Å². The quantitative estimate of drug-likeness (QED) is 0.745. The highest BCUT2D eigenvalue weighted by Crippen LogP contribution is 2.38. The molecule has 27 heavy (non-hydrogen) atoms. The number of carbonyl (C=O) groups is 1. The van der Waals surface area contributed by atoms with Gasteiger partial charge in [0.1, 0.15) is 12.0 Å². The van der Waals surface area contributed by atoms with Gasteiger partial charge in [0.2, 0.25) is 0 Å². The van der Waals surface area contributed by atoms with Crippen LogP contribution in [0.5, 0.6) is 0 Å². The van der Waals surface area contributed by atoms with Crippen molar-refractivity contribution in [2.75, 3.05) is 20.6 Å². The van der Waals surface area contributed by atoms with Gasteiger partial charge in [-0.2, -0.15) is 0 Å². The molecule has 1 aromatic heterocycles. The summed E-state index contributed by atoms with van der Waals surface area (Å²) in [6.07, 6.45) is 0.540. The maximum Gasteiger partial charge on any atom is 0.314 e. The zero-order valence-electron chi connectivity index (χ0n) is 15.1. The normalized spacial score (nSPS) is 19.1. The van der Waals surface area contributed by atoms with Crippen molar-refractivity contribution in [1.82, 2.24) is 25.1 Å². The molecule has 0 bridgehead atoms. The molecule has 1 aliphatic rings. The highest BCUT2D eigenvalue weighted by Gasteiger charge is 2.41. The van der Waals surface area contributed by atoms with E-state index in [9.17, 15) is 9.90 Å². The molecule has 8 heteroatoms. The zero-order chi connectivity index (χ0) is 19.0. The van der Waals surface area contributed by atoms with Crippen LogP contribution in [-0.2, 0) is 4.79 Å². The first-order valence-corrected chi connectivity index (χ1v) is 8.77. The number of aromatic nitrogens is 4. The second-order valence-corrected chi connectivity index (χ2v) is 6.91. The Morgan fingerprint density at radius 1 is 1.19 bits per heavy atom. The predicted molar refractivity (Wildman–Crippen MR) is 101 cm³/mol. The van der Waals surface area contributed by atoms with Crippen LogP contribution in [0.3, 0.4) is 0 Å². The zero-order valence-corrected chi connectivity index (χ0v) is 15.1. The number of carboxylic acid groups (broad SMARTS) is 1. The molecule has 4 rings (SSSR count). The topological polar surface area (TPSA) is 96.5 Å². The minimum absolute atomic E-state index is 0.346. The minimum Gasteiger partial charge on any atom is -0.481 e. The van der Waals surface area contributed by atoms with Crippen LogP contribution >= 0.6 is 0 Å². The Morgan fingerprint density at radius 3 is 2.74 bits per heavy atom. The summed E-state index contributed by atoms with van der Waals surface area (Å²) in [6, 6.07) is 13.3. The van der Waals surface area contributed by atoms with Gasteiger partial charge in [-0.3, -0.25) is 4.79 Å². The van der Waals surface area contributed by atoms with Gasteiger partial charge in [-0.15, -0.1) is 0 Å². The van der Waals surface area contributed by atoms with E-state index in [-0.39, 0.29) is 0 Å². The van der Waals surface area contributed by atoms with Crippen LogP contribution in [0.1, 0.15) is 18.0 Å². The highest BCUT2D eigenvalue weighted by molar-refractivity contribution is 6.04. The fraction of sp³-hybridized carbons (Fsp3) is 0.316. The molecule has 0 saturated heterocycles. The molecule has 3 aromatic rings. The third-order valence-corrected chi connectivity index (χ3v) is 4.88. The van der Waals surface area contributed by atoms with E-state index in [2.05, 4.69) is 20.5 Å². The summed E-state index contributed by atoms with van der Waals surface area (Å²) in [6.45, 7) is 0.701. The molecule has 1 aliphatic heterocycles. The Labute approximate surface area is 156 Å². The van der Waals surface area contributed by atoms with E-state index in [4.69, 9.17) is 0 Å². The van der Waals surface area contributed by atoms with Gasteiger partial charge in [0.25, 0.3) is 5.95 Å². The van der Waals surface area contributed by atoms with E-state index in [0.29, 0.717) is 24.6 Å². The van der Waals surface area contributed by atoms with Gasteiger partial charge in [-0.25, -0.2) is 9.67 Å². The summed E-state index contributed by atoms with van der Waals surface area (Å²) < 4.78 is 1.53. The molecule has 0 aliphatic carbocycles.